The molecule has 3 rings (SSSR count). The molecule has 0 aliphatic heterocycles. The highest BCUT2D eigenvalue weighted by atomic mass is 19.1. The van der Waals surface area contributed by atoms with Crippen LogP contribution in [0.1, 0.15) is 29.5 Å². The first-order valence-electron chi connectivity index (χ1n) is 9.62. The fraction of sp³-hybridized carbons (Fsp3) is 0.304. The van der Waals surface area contributed by atoms with Crippen molar-refractivity contribution in [2.24, 2.45) is 0 Å². The predicted molar refractivity (Wildman–Crippen MR) is 111 cm³/mol. The van der Waals surface area contributed by atoms with Crippen LogP contribution in [-0.4, -0.2) is 36.4 Å². The van der Waals surface area contributed by atoms with Gasteiger partial charge in [-0.15, -0.1) is 0 Å². The van der Waals surface area contributed by atoms with E-state index in [0.717, 1.165) is 11.1 Å². The largest absolute Gasteiger partial charge is 0.441 e. The van der Waals surface area contributed by atoms with Crippen molar-refractivity contribution in [3.05, 3.63) is 77.6 Å². The Morgan fingerprint density at radius 2 is 1.97 bits per heavy atom. The topological polar surface area (TPSA) is 58.4 Å². The molecule has 1 aromatic heterocycles. The molecule has 1 atom stereocenters. The summed E-state index contributed by atoms with van der Waals surface area (Å²) in [7, 11) is 3.81. The number of benzene rings is 2. The zero-order valence-electron chi connectivity index (χ0n) is 17.0. The van der Waals surface area contributed by atoms with Gasteiger partial charge in [-0.3, -0.25) is 4.79 Å². The number of carbonyl (C=O) groups is 1. The average Bonchev–Trinajstić information content (AvgIpc) is 3.16. The number of hydrogen-bond donors (Lipinski definition) is 1. The maximum Gasteiger partial charge on any atom is 0.220 e. The van der Waals surface area contributed by atoms with Crippen LogP contribution >= 0.6 is 0 Å². The van der Waals surface area contributed by atoms with Crippen LogP contribution < -0.4 is 5.32 Å². The lowest BCUT2D eigenvalue weighted by Gasteiger charge is -2.25. The zero-order valence-corrected chi connectivity index (χ0v) is 17.0. The van der Waals surface area contributed by atoms with Gasteiger partial charge in [0, 0.05) is 24.9 Å². The molecule has 1 N–H and O–H groups in total. The van der Waals surface area contributed by atoms with Gasteiger partial charge in [0.15, 0.2) is 11.7 Å². The molecule has 6 heteroatoms. The van der Waals surface area contributed by atoms with Crippen molar-refractivity contribution in [1.82, 2.24) is 15.2 Å². The number of carbonyl (C=O) groups excluding carboxylic acids is 1. The SMILES string of the molecule is Cc1ccc(-c2cnc(CCC(=O)NC[C@H](c3cccc(F)c3)N(C)C)o2)cc1. The minimum Gasteiger partial charge on any atom is -0.441 e. The minimum atomic E-state index is -0.283. The summed E-state index contributed by atoms with van der Waals surface area (Å²) < 4.78 is 19.3. The molecule has 0 spiro atoms. The second kappa shape index (κ2) is 9.47. The fourth-order valence-electron chi connectivity index (χ4n) is 3.11. The summed E-state index contributed by atoms with van der Waals surface area (Å²) in [5.74, 6) is 0.849. The van der Waals surface area contributed by atoms with E-state index < -0.39 is 0 Å². The Balaban J connectivity index is 1.52. The van der Waals surface area contributed by atoms with Crippen molar-refractivity contribution in [2.75, 3.05) is 20.6 Å². The Bertz CT molecular complexity index is 951. The summed E-state index contributed by atoms with van der Waals surface area (Å²) >= 11 is 0. The van der Waals surface area contributed by atoms with Crippen LogP contribution in [0.15, 0.2) is 59.1 Å². The van der Waals surface area contributed by atoms with E-state index in [-0.39, 0.29) is 24.2 Å². The summed E-state index contributed by atoms with van der Waals surface area (Å²) in [5.41, 5.74) is 2.97. The molecule has 0 bridgehead atoms. The van der Waals surface area contributed by atoms with Gasteiger partial charge in [-0.25, -0.2) is 9.37 Å². The monoisotopic (exact) mass is 395 g/mol. The molecule has 152 valence electrons. The van der Waals surface area contributed by atoms with Crippen molar-refractivity contribution < 1.29 is 13.6 Å². The van der Waals surface area contributed by atoms with Crippen LogP contribution in [0.2, 0.25) is 0 Å². The highest BCUT2D eigenvalue weighted by Crippen LogP contribution is 2.21. The van der Waals surface area contributed by atoms with Gasteiger partial charge in [0.25, 0.3) is 0 Å². The molecular weight excluding hydrogens is 369 g/mol. The minimum absolute atomic E-state index is 0.0941. The normalized spacial score (nSPS) is 12.2. The summed E-state index contributed by atoms with van der Waals surface area (Å²) in [6.07, 6.45) is 2.38. The van der Waals surface area contributed by atoms with Gasteiger partial charge in [0.05, 0.1) is 12.2 Å². The quantitative estimate of drug-likeness (QED) is 0.623. The molecule has 0 radical (unpaired) electrons. The van der Waals surface area contributed by atoms with Crippen molar-refractivity contribution >= 4 is 5.91 Å². The third-order valence-electron chi connectivity index (χ3n) is 4.80. The van der Waals surface area contributed by atoms with E-state index in [9.17, 15) is 9.18 Å². The predicted octanol–water partition coefficient (Wildman–Crippen LogP) is 4.14. The molecule has 1 amide bonds. The molecule has 0 fully saturated rings. The Labute approximate surface area is 170 Å². The molecule has 0 aliphatic carbocycles. The molecule has 3 aromatic rings. The van der Waals surface area contributed by atoms with E-state index in [0.29, 0.717) is 24.6 Å². The number of nitrogens with one attached hydrogen (secondary N) is 1. The van der Waals surface area contributed by atoms with Gasteiger partial charge >= 0.3 is 0 Å². The van der Waals surface area contributed by atoms with Crippen molar-refractivity contribution in [2.45, 2.75) is 25.8 Å². The van der Waals surface area contributed by atoms with Crippen LogP contribution in [-0.2, 0) is 11.2 Å². The highest BCUT2D eigenvalue weighted by molar-refractivity contribution is 5.76. The molecule has 2 aromatic carbocycles. The lowest BCUT2D eigenvalue weighted by atomic mass is 10.1. The third-order valence-corrected chi connectivity index (χ3v) is 4.80. The van der Waals surface area contributed by atoms with Gasteiger partial charge in [-0.2, -0.15) is 0 Å². The first-order valence-corrected chi connectivity index (χ1v) is 9.62. The van der Waals surface area contributed by atoms with E-state index >= 15 is 0 Å². The number of hydrogen-bond acceptors (Lipinski definition) is 4. The fourth-order valence-corrected chi connectivity index (χ4v) is 3.11. The molecule has 0 saturated carbocycles. The maximum absolute atomic E-state index is 13.5. The summed E-state index contributed by atoms with van der Waals surface area (Å²) in [4.78, 5) is 18.5. The van der Waals surface area contributed by atoms with Gasteiger partial charge in [0.1, 0.15) is 5.82 Å². The summed E-state index contributed by atoms with van der Waals surface area (Å²) in [5, 5.41) is 2.92. The van der Waals surface area contributed by atoms with E-state index in [2.05, 4.69) is 10.3 Å². The first-order chi connectivity index (χ1) is 13.9. The van der Waals surface area contributed by atoms with E-state index in [4.69, 9.17) is 4.42 Å². The number of rotatable bonds is 8. The molecule has 29 heavy (non-hydrogen) atoms. The molecular formula is C23H26FN3O2. The van der Waals surface area contributed by atoms with Gasteiger partial charge in [0.2, 0.25) is 5.91 Å². The Kier molecular flexibility index (Phi) is 6.77. The summed E-state index contributed by atoms with van der Waals surface area (Å²) in [6, 6.07) is 14.3. The van der Waals surface area contributed by atoms with Gasteiger partial charge < -0.3 is 14.6 Å². The standard InChI is InChI=1S/C23H26FN3O2/c1-16-7-9-17(10-8-16)21-15-26-23(29-21)12-11-22(28)25-14-20(27(2)3)18-5-4-6-19(24)13-18/h4-10,13,15,20H,11-12,14H2,1-3H3,(H,25,28)/t20-/m1/s1. The number of amides is 1. The van der Waals surface area contributed by atoms with Crippen molar-refractivity contribution in [3.63, 3.8) is 0 Å². The molecule has 0 unspecified atom stereocenters. The number of halogens is 1. The Morgan fingerprint density at radius 1 is 1.21 bits per heavy atom. The lowest BCUT2D eigenvalue weighted by Crippen LogP contribution is -2.34. The average molecular weight is 395 g/mol. The number of nitrogens with zero attached hydrogens (tertiary/aromatic N) is 2. The van der Waals surface area contributed by atoms with E-state index in [1.54, 1.807) is 12.3 Å². The molecule has 0 aliphatic rings. The zero-order chi connectivity index (χ0) is 20.8. The van der Waals surface area contributed by atoms with E-state index in [1.165, 1.54) is 17.7 Å². The van der Waals surface area contributed by atoms with Gasteiger partial charge in [-0.1, -0.05) is 42.0 Å². The Hall–Kier alpha value is -2.99. The van der Waals surface area contributed by atoms with E-state index in [1.807, 2.05) is 56.3 Å². The van der Waals surface area contributed by atoms with Crippen LogP contribution in [0, 0.1) is 12.7 Å². The molecule has 0 saturated heterocycles. The second-order valence-electron chi connectivity index (χ2n) is 7.32. The lowest BCUT2D eigenvalue weighted by molar-refractivity contribution is -0.121. The number of oxazole rings is 1. The van der Waals surface area contributed by atoms with Crippen LogP contribution in [0.3, 0.4) is 0 Å². The maximum atomic E-state index is 13.5. The number of likely N-dealkylation sites (N-methyl/N-ethyl adjacent to an activating group) is 1. The van der Waals surface area contributed by atoms with Crippen LogP contribution in [0.4, 0.5) is 4.39 Å². The third kappa shape index (κ3) is 5.74. The van der Waals surface area contributed by atoms with Crippen molar-refractivity contribution in [1.29, 1.82) is 0 Å². The second-order valence-corrected chi connectivity index (χ2v) is 7.32. The van der Waals surface area contributed by atoms with Crippen LogP contribution in [0.5, 0.6) is 0 Å². The number of aromatic nitrogens is 1. The number of aryl methyl sites for hydroxylation is 2. The highest BCUT2D eigenvalue weighted by Gasteiger charge is 2.16. The van der Waals surface area contributed by atoms with Gasteiger partial charge in [-0.05, 0) is 38.7 Å². The smallest absolute Gasteiger partial charge is 0.220 e. The Morgan fingerprint density at radius 3 is 2.66 bits per heavy atom. The first kappa shape index (κ1) is 20.7. The van der Waals surface area contributed by atoms with Crippen molar-refractivity contribution in [3.8, 4) is 11.3 Å². The van der Waals surface area contributed by atoms with Crippen LogP contribution in [0.25, 0.3) is 11.3 Å². The molecule has 1 heterocycles. The summed E-state index contributed by atoms with van der Waals surface area (Å²) in [6.45, 7) is 2.43. The molecule has 5 nitrogen and oxygen atoms in total.